The van der Waals surface area contributed by atoms with Crippen molar-refractivity contribution in [2.75, 3.05) is 16.4 Å². The van der Waals surface area contributed by atoms with Crippen LogP contribution < -0.4 is 10.6 Å². The average molecular weight is 279 g/mol. The van der Waals surface area contributed by atoms with Gasteiger partial charge in [-0.25, -0.2) is 4.98 Å². The van der Waals surface area contributed by atoms with Crippen molar-refractivity contribution in [1.29, 1.82) is 0 Å². The van der Waals surface area contributed by atoms with Crippen molar-refractivity contribution < 1.29 is 9.59 Å². The predicted molar refractivity (Wildman–Crippen MR) is 73.3 cm³/mol. The number of anilines is 2. The lowest BCUT2D eigenvalue weighted by Crippen LogP contribution is -2.18. The summed E-state index contributed by atoms with van der Waals surface area (Å²) in [6.45, 7) is 1.45. The third-order valence-corrected chi connectivity index (χ3v) is 4.46. The molecule has 0 atom stereocenters. The summed E-state index contributed by atoms with van der Waals surface area (Å²) in [5.41, 5.74) is 1.63. The maximum Gasteiger partial charge on any atom is 0.234 e. The Morgan fingerprint density at radius 2 is 2.33 bits per heavy atom. The highest BCUT2D eigenvalue weighted by Gasteiger charge is 2.20. The van der Waals surface area contributed by atoms with E-state index < -0.39 is 0 Å². The SMILES string of the molecule is CC(=O)Nc1nc2c3c(ccc2s1)NC(=O)CS3. The Bertz CT molecular complexity index is 666. The molecule has 2 aromatic rings. The molecule has 1 aliphatic heterocycles. The maximum absolute atomic E-state index is 11.3. The molecular formula is C11H9N3O2S2. The van der Waals surface area contributed by atoms with E-state index in [1.165, 1.54) is 30.0 Å². The lowest BCUT2D eigenvalue weighted by atomic mass is 10.3. The van der Waals surface area contributed by atoms with Crippen molar-refractivity contribution in [3.63, 3.8) is 0 Å². The molecule has 3 rings (SSSR count). The van der Waals surface area contributed by atoms with Crippen molar-refractivity contribution in [3.8, 4) is 0 Å². The topological polar surface area (TPSA) is 71.1 Å². The Labute approximate surface area is 111 Å². The van der Waals surface area contributed by atoms with Gasteiger partial charge in [0, 0.05) is 6.92 Å². The molecule has 0 bridgehead atoms. The summed E-state index contributed by atoms with van der Waals surface area (Å²) >= 11 is 2.91. The van der Waals surface area contributed by atoms with E-state index in [0.29, 0.717) is 10.9 Å². The van der Waals surface area contributed by atoms with Crippen molar-refractivity contribution in [2.24, 2.45) is 0 Å². The van der Waals surface area contributed by atoms with Gasteiger partial charge in [0.15, 0.2) is 5.13 Å². The lowest BCUT2D eigenvalue weighted by Gasteiger charge is -2.15. The van der Waals surface area contributed by atoms with E-state index in [1.807, 2.05) is 12.1 Å². The molecule has 18 heavy (non-hydrogen) atoms. The monoisotopic (exact) mass is 279 g/mol. The molecule has 92 valence electrons. The number of nitrogens with zero attached hydrogens (tertiary/aromatic N) is 1. The van der Waals surface area contributed by atoms with Crippen LogP contribution in [0.4, 0.5) is 10.8 Å². The second kappa shape index (κ2) is 4.25. The van der Waals surface area contributed by atoms with E-state index in [2.05, 4.69) is 15.6 Å². The van der Waals surface area contributed by atoms with E-state index in [9.17, 15) is 9.59 Å². The lowest BCUT2D eigenvalue weighted by molar-refractivity contribution is -0.114. The summed E-state index contributed by atoms with van der Waals surface area (Å²) in [5.74, 6) is 0.270. The van der Waals surface area contributed by atoms with Crippen LogP contribution in [0, 0.1) is 0 Å². The molecular weight excluding hydrogens is 270 g/mol. The van der Waals surface area contributed by atoms with Crippen molar-refractivity contribution in [1.82, 2.24) is 4.98 Å². The van der Waals surface area contributed by atoms with Gasteiger partial charge in [0.2, 0.25) is 11.8 Å². The third kappa shape index (κ3) is 1.95. The zero-order chi connectivity index (χ0) is 12.7. The zero-order valence-electron chi connectivity index (χ0n) is 9.44. The van der Waals surface area contributed by atoms with Gasteiger partial charge in [-0.1, -0.05) is 11.3 Å². The summed E-state index contributed by atoms with van der Waals surface area (Å²) in [5, 5.41) is 6.09. The second-order valence-corrected chi connectivity index (χ2v) is 5.84. The quantitative estimate of drug-likeness (QED) is 0.840. The fraction of sp³-hybridized carbons (Fsp3) is 0.182. The number of thiazole rings is 1. The largest absolute Gasteiger partial charge is 0.324 e. The van der Waals surface area contributed by atoms with Crippen molar-refractivity contribution >= 4 is 55.9 Å². The molecule has 2 amide bonds. The number of hydrogen-bond acceptors (Lipinski definition) is 5. The van der Waals surface area contributed by atoms with E-state index in [0.717, 1.165) is 20.8 Å². The number of fused-ring (bicyclic) bond motifs is 3. The first-order valence-corrected chi connectivity index (χ1v) is 7.07. The van der Waals surface area contributed by atoms with Crippen LogP contribution in [0.3, 0.4) is 0 Å². The third-order valence-electron chi connectivity index (χ3n) is 2.42. The van der Waals surface area contributed by atoms with Gasteiger partial charge in [0.1, 0.15) is 0 Å². The van der Waals surface area contributed by atoms with Gasteiger partial charge in [0.25, 0.3) is 0 Å². The number of benzene rings is 1. The number of nitrogens with one attached hydrogen (secondary N) is 2. The molecule has 0 aliphatic carbocycles. The van der Waals surface area contributed by atoms with Crippen LogP contribution in [0.2, 0.25) is 0 Å². The summed E-state index contributed by atoms with van der Waals surface area (Å²) in [6, 6.07) is 3.78. The Kier molecular flexibility index (Phi) is 2.71. The Morgan fingerprint density at radius 3 is 3.11 bits per heavy atom. The molecule has 0 spiro atoms. The number of carbonyl (C=O) groups excluding carboxylic acids is 2. The molecule has 1 aliphatic rings. The minimum absolute atomic E-state index is 0.00386. The van der Waals surface area contributed by atoms with E-state index in [1.54, 1.807) is 0 Å². The van der Waals surface area contributed by atoms with Gasteiger partial charge in [-0.15, -0.1) is 11.8 Å². The molecule has 1 aromatic heterocycles. The number of amides is 2. The van der Waals surface area contributed by atoms with Gasteiger partial charge in [-0.2, -0.15) is 0 Å². The van der Waals surface area contributed by atoms with Crippen LogP contribution in [0.15, 0.2) is 17.0 Å². The van der Waals surface area contributed by atoms with E-state index in [4.69, 9.17) is 0 Å². The zero-order valence-corrected chi connectivity index (χ0v) is 11.1. The van der Waals surface area contributed by atoms with E-state index in [-0.39, 0.29) is 11.8 Å². The Morgan fingerprint density at radius 1 is 1.50 bits per heavy atom. The first-order valence-electron chi connectivity index (χ1n) is 5.27. The van der Waals surface area contributed by atoms with E-state index >= 15 is 0 Å². The maximum atomic E-state index is 11.3. The van der Waals surface area contributed by atoms with Crippen molar-refractivity contribution in [3.05, 3.63) is 12.1 Å². The number of rotatable bonds is 1. The van der Waals surface area contributed by atoms with Crippen LogP contribution in [-0.4, -0.2) is 22.6 Å². The molecule has 0 saturated carbocycles. The van der Waals surface area contributed by atoms with Gasteiger partial charge < -0.3 is 10.6 Å². The number of hydrogen-bond donors (Lipinski definition) is 2. The molecule has 2 N–H and O–H groups in total. The Balaban J connectivity index is 2.11. The number of carbonyl (C=O) groups is 2. The van der Waals surface area contributed by atoms with Gasteiger partial charge in [-0.3, -0.25) is 9.59 Å². The first-order chi connectivity index (χ1) is 8.63. The minimum atomic E-state index is -0.135. The molecule has 5 nitrogen and oxygen atoms in total. The Hall–Kier alpha value is -1.60. The molecule has 7 heteroatoms. The average Bonchev–Trinajstić information content (AvgIpc) is 2.70. The normalized spacial score (nSPS) is 14.2. The second-order valence-electron chi connectivity index (χ2n) is 3.83. The molecule has 2 heterocycles. The highest BCUT2D eigenvalue weighted by atomic mass is 32.2. The predicted octanol–water partition coefficient (Wildman–Crippen LogP) is 2.30. The molecule has 0 fully saturated rings. The van der Waals surface area contributed by atoms with Crippen molar-refractivity contribution in [2.45, 2.75) is 11.8 Å². The smallest absolute Gasteiger partial charge is 0.234 e. The number of aromatic nitrogens is 1. The van der Waals surface area contributed by atoms with Crippen LogP contribution in [0.5, 0.6) is 0 Å². The van der Waals surface area contributed by atoms with Crippen LogP contribution >= 0.6 is 23.1 Å². The molecule has 0 unspecified atom stereocenters. The molecule has 1 aromatic carbocycles. The van der Waals surface area contributed by atoms with Crippen LogP contribution in [0.25, 0.3) is 10.2 Å². The molecule has 0 radical (unpaired) electrons. The fourth-order valence-corrected chi connectivity index (χ4v) is 3.64. The molecule has 0 saturated heterocycles. The highest BCUT2D eigenvalue weighted by molar-refractivity contribution is 8.00. The van der Waals surface area contributed by atoms with Crippen LogP contribution in [0.1, 0.15) is 6.92 Å². The van der Waals surface area contributed by atoms with Crippen LogP contribution in [-0.2, 0) is 9.59 Å². The van der Waals surface area contributed by atoms with Gasteiger partial charge in [-0.05, 0) is 12.1 Å². The summed E-state index contributed by atoms with van der Waals surface area (Å²) in [6.07, 6.45) is 0. The summed E-state index contributed by atoms with van der Waals surface area (Å²) < 4.78 is 1.00. The fourth-order valence-electron chi connectivity index (χ4n) is 1.74. The highest BCUT2D eigenvalue weighted by Crippen LogP contribution is 2.40. The number of thioether (sulfide) groups is 1. The minimum Gasteiger partial charge on any atom is -0.324 e. The van der Waals surface area contributed by atoms with Gasteiger partial charge >= 0.3 is 0 Å². The standard InChI is InChI=1S/C11H9N3O2S2/c1-5(15)12-11-14-9-7(18-11)3-2-6-10(9)17-4-8(16)13-6/h2-3H,4H2,1H3,(H,13,16)(H,12,14,15). The summed E-state index contributed by atoms with van der Waals surface area (Å²) in [7, 11) is 0. The van der Waals surface area contributed by atoms with Gasteiger partial charge in [0.05, 0.1) is 26.6 Å². The summed E-state index contributed by atoms with van der Waals surface area (Å²) in [4.78, 5) is 27.7. The first kappa shape index (κ1) is 11.5.